The predicted octanol–water partition coefficient (Wildman–Crippen LogP) is 1.43. The molecule has 7 nitrogen and oxygen atoms in total. The SMILES string of the molecule is CN(C(=O)c1cc(N)ccc1[N+](=O)[O-])C1CCOCC1. The second kappa shape index (κ2) is 5.87. The van der Waals surface area contributed by atoms with Crippen LogP contribution >= 0.6 is 0 Å². The number of carbonyl (C=O) groups is 1. The summed E-state index contributed by atoms with van der Waals surface area (Å²) in [5, 5.41) is 11.0. The van der Waals surface area contributed by atoms with E-state index >= 15 is 0 Å². The summed E-state index contributed by atoms with van der Waals surface area (Å²) in [5.74, 6) is -0.379. The first kappa shape index (κ1) is 14.3. The Bertz CT molecular complexity index is 526. The smallest absolute Gasteiger partial charge is 0.282 e. The lowest BCUT2D eigenvalue weighted by atomic mass is 10.1. The monoisotopic (exact) mass is 279 g/mol. The number of nitrogen functional groups attached to an aromatic ring is 1. The van der Waals surface area contributed by atoms with Gasteiger partial charge in [0.1, 0.15) is 5.56 Å². The van der Waals surface area contributed by atoms with Crippen molar-refractivity contribution in [3.8, 4) is 0 Å². The number of nitro benzene ring substituents is 1. The second-order valence-electron chi connectivity index (χ2n) is 4.79. The molecule has 1 saturated heterocycles. The van der Waals surface area contributed by atoms with E-state index in [-0.39, 0.29) is 23.2 Å². The lowest BCUT2D eigenvalue weighted by Gasteiger charge is -2.31. The number of hydrogen-bond donors (Lipinski definition) is 1. The fourth-order valence-electron chi connectivity index (χ4n) is 2.31. The number of nitro groups is 1. The van der Waals surface area contributed by atoms with Gasteiger partial charge in [-0.05, 0) is 25.0 Å². The largest absolute Gasteiger partial charge is 0.399 e. The molecular weight excluding hydrogens is 262 g/mol. The van der Waals surface area contributed by atoms with Crippen LogP contribution in [0.15, 0.2) is 18.2 Å². The Kier molecular flexibility index (Phi) is 4.19. The van der Waals surface area contributed by atoms with Crippen molar-refractivity contribution in [3.63, 3.8) is 0 Å². The number of nitrogens with two attached hydrogens (primary N) is 1. The van der Waals surface area contributed by atoms with Gasteiger partial charge in [0, 0.05) is 38.1 Å². The van der Waals surface area contributed by atoms with Crippen molar-refractivity contribution >= 4 is 17.3 Å². The van der Waals surface area contributed by atoms with Gasteiger partial charge < -0.3 is 15.4 Å². The standard InChI is InChI=1S/C13H17N3O4/c1-15(10-4-6-20-7-5-10)13(17)11-8-9(14)2-3-12(11)16(18)19/h2-3,8,10H,4-7,14H2,1H3. The fraction of sp³-hybridized carbons (Fsp3) is 0.462. The molecule has 1 aromatic rings. The minimum atomic E-state index is -0.565. The maximum Gasteiger partial charge on any atom is 0.282 e. The van der Waals surface area contributed by atoms with Crippen LogP contribution in [0.3, 0.4) is 0 Å². The van der Waals surface area contributed by atoms with E-state index < -0.39 is 4.92 Å². The highest BCUT2D eigenvalue weighted by Gasteiger charge is 2.28. The van der Waals surface area contributed by atoms with Crippen LogP contribution in [0, 0.1) is 10.1 Å². The van der Waals surface area contributed by atoms with Gasteiger partial charge in [-0.25, -0.2) is 0 Å². The van der Waals surface area contributed by atoms with E-state index in [4.69, 9.17) is 10.5 Å². The van der Waals surface area contributed by atoms with Crippen LogP contribution in [-0.4, -0.2) is 42.0 Å². The Hall–Kier alpha value is -2.15. The molecule has 0 aromatic heterocycles. The highest BCUT2D eigenvalue weighted by Crippen LogP contribution is 2.24. The van der Waals surface area contributed by atoms with E-state index in [0.717, 1.165) is 12.8 Å². The Labute approximate surface area is 116 Å². The number of hydrogen-bond acceptors (Lipinski definition) is 5. The van der Waals surface area contributed by atoms with Gasteiger partial charge in [0.2, 0.25) is 0 Å². The van der Waals surface area contributed by atoms with Crippen LogP contribution in [0.25, 0.3) is 0 Å². The third kappa shape index (κ3) is 2.88. The van der Waals surface area contributed by atoms with Crippen molar-refractivity contribution in [2.75, 3.05) is 26.0 Å². The molecular formula is C13H17N3O4. The number of rotatable bonds is 3. The number of anilines is 1. The number of ether oxygens (including phenoxy) is 1. The normalized spacial score (nSPS) is 15.8. The lowest BCUT2D eigenvalue weighted by molar-refractivity contribution is -0.385. The molecule has 0 spiro atoms. The van der Waals surface area contributed by atoms with Crippen molar-refractivity contribution in [3.05, 3.63) is 33.9 Å². The van der Waals surface area contributed by atoms with Gasteiger partial charge in [-0.3, -0.25) is 14.9 Å². The first-order valence-electron chi connectivity index (χ1n) is 6.39. The molecule has 7 heteroatoms. The summed E-state index contributed by atoms with van der Waals surface area (Å²) in [6.45, 7) is 1.20. The number of nitrogens with zero attached hydrogens (tertiary/aromatic N) is 2. The summed E-state index contributed by atoms with van der Waals surface area (Å²) in [7, 11) is 1.66. The van der Waals surface area contributed by atoms with Crippen LogP contribution in [0.5, 0.6) is 0 Å². The molecule has 0 aliphatic carbocycles. The zero-order valence-corrected chi connectivity index (χ0v) is 11.2. The van der Waals surface area contributed by atoms with Gasteiger partial charge in [-0.1, -0.05) is 0 Å². The topological polar surface area (TPSA) is 98.7 Å². The summed E-state index contributed by atoms with van der Waals surface area (Å²) in [5.41, 5.74) is 5.78. The van der Waals surface area contributed by atoms with E-state index in [1.54, 1.807) is 11.9 Å². The molecule has 1 fully saturated rings. The Morgan fingerprint density at radius 1 is 1.45 bits per heavy atom. The average molecular weight is 279 g/mol. The van der Waals surface area contributed by atoms with E-state index in [0.29, 0.717) is 18.9 Å². The molecule has 1 aliphatic rings. The summed E-state index contributed by atoms with van der Waals surface area (Å²) in [6, 6.07) is 4.08. The number of amides is 1. The molecule has 0 unspecified atom stereocenters. The van der Waals surface area contributed by atoms with Gasteiger partial charge in [-0.15, -0.1) is 0 Å². The number of carbonyl (C=O) groups excluding carboxylic acids is 1. The molecule has 1 aromatic carbocycles. The molecule has 1 amide bonds. The van der Waals surface area contributed by atoms with Crippen LogP contribution < -0.4 is 5.73 Å². The van der Waals surface area contributed by atoms with Crippen molar-refractivity contribution in [2.45, 2.75) is 18.9 Å². The molecule has 1 heterocycles. The van der Waals surface area contributed by atoms with Gasteiger partial charge in [-0.2, -0.15) is 0 Å². The molecule has 0 bridgehead atoms. The zero-order chi connectivity index (χ0) is 14.7. The fourth-order valence-corrected chi connectivity index (χ4v) is 2.31. The van der Waals surface area contributed by atoms with Gasteiger partial charge in [0.25, 0.3) is 11.6 Å². The maximum atomic E-state index is 12.4. The number of benzene rings is 1. The minimum Gasteiger partial charge on any atom is -0.399 e. The zero-order valence-electron chi connectivity index (χ0n) is 11.2. The first-order valence-corrected chi connectivity index (χ1v) is 6.39. The molecule has 1 aliphatic heterocycles. The summed E-state index contributed by atoms with van der Waals surface area (Å²) < 4.78 is 5.25. The van der Waals surface area contributed by atoms with Crippen LogP contribution in [-0.2, 0) is 4.74 Å². The van der Waals surface area contributed by atoms with Gasteiger partial charge in [0.15, 0.2) is 0 Å². The lowest BCUT2D eigenvalue weighted by Crippen LogP contribution is -2.40. The van der Waals surface area contributed by atoms with Crippen molar-refractivity contribution in [1.29, 1.82) is 0 Å². The molecule has 20 heavy (non-hydrogen) atoms. The molecule has 0 saturated carbocycles. The summed E-state index contributed by atoms with van der Waals surface area (Å²) in [4.78, 5) is 24.4. The van der Waals surface area contributed by atoms with Crippen LogP contribution in [0.1, 0.15) is 23.2 Å². The van der Waals surface area contributed by atoms with Crippen molar-refractivity contribution in [2.24, 2.45) is 0 Å². The minimum absolute atomic E-state index is 0.0315. The molecule has 0 radical (unpaired) electrons. The molecule has 108 valence electrons. The van der Waals surface area contributed by atoms with E-state index in [2.05, 4.69) is 0 Å². The summed E-state index contributed by atoms with van der Waals surface area (Å²) >= 11 is 0. The van der Waals surface area contributed by atoms with Crippen LogP contribution in [0.2, 0.25) is 0 Å². The second-order valence-corrected chi connectivity index (χ2v) is 4.79. The van der Waals surface area contributed by atoms with Crippen LogP contribution in [0.4, 0.5) is 11.4 Å². The van der Waals surface area contributed by atoms with E-state index in [1.807, 2.05) is 0 Å². The quantitative estimate of drug-likeness (QED) is 0.512. The molecule has 2 rings (SSSR count). The third-order valence-electron chi connectivity index (χ3n) is 3.51. The summed E-state index contributed by atoms with van der Waals surface area (Å²) in [6.07, 6.45) is 1.47. The maximum absolute atomic E-state index is 12.4. The first-order chi connectivity index (χ1) is 9.50. The van der Waals surface area contributed by atoms with Gasteiger partial charge >= 0.3 is 0 Å². The Morgan fingerprint density at radius 3 is 2.70 bits per heavy atom. The third-order valence-corrected chi connectivity index (χ3v) is 3.51. The Morgan fingerprint density at radius 2 is 2.10 bits per heavy atom. The highest BCUT2D eigenvalue weighted by molar-refractivity contribution is 5.99. The van der Waals surface area contributed by atoms with E-state index in [9.17, 15) is 14.9 Å². The predicted molar refractivity (Wildman–Crippen MR) is 73.4 cm³/mol. The molecule has 2 N–H and O–H groups in total. The van der Waals surface area contributed by atoms with E-state index in [1.165, 1.54) is 18.2 Å². The van der Waals surface area contributed by atoms with Crippen molar-refractivity contribution < 1.29 is 14.5 Å². The highest BCUT2D eigenvalue weighted by atomic mass is 16.6. The average Bonchev–Trinajstić information content (AvgIpc) is 2.46. The molecule has 0 atom stereocenters. The van der Waals surface area contributed by atoms with Gasteiger partial charge in [0.05, 0.1) is 4.92 Å². The van der Waals surface area contributed by atoms with Crippen molar-refractivity contribution in [1.82, 2.24) is 4.90 Å². The Balaban J connectivity index is 2.27.